The summed E-state index contributed by atoms with van der Waals surface area (Å²) in [6, 6.07) is 0.456. The molecular weight excluding hydrogens is 174 g/mol. The van der Waals surface area contributed by atoms with Crippen LogP contribution >= 0.6 is 0 Å². The van der Waals surface area contributed by atoms with Crippen LogP contribution in [0, 0.1) is 12.8 Å². The molecule has 1 rings (SSSR count). The van der Waals surface area contributed by atoms with E-state index in [1.165, 1.54) is 0 Å². The van der Waals surface area contributed by atoms with E-state index in [0.717, 1.165) is 17.8 Å². The highest BCUT2D eigenvalue weighted by molar-refractivity contribution is 5.02. The number of nitrogens with one attached hydrogen (secondary N) is 1. The van der Waals surface area contributed by atoms with Gasteiger partial charge in [-0.25, -0.2) is 9.97 Å². The molecule has 0 aliphatic rings. The van der Waals surface area contributed by atoms with Crippen molar-refractivity contribution in [3.63, 3.8) is 0 Å². The monoisotopic (exact) mass is 193 g/mol. The van der Waals surface area contributed by atoms with Gasteiger partial charge in [0, 0.05) is 24.9 Å². The number of nitrogens with zero attached hydrogens (tertiary/aromatic N) is 2. The molecule has 78 valence electrons. The number of aryl methyl sites for hydroxylation is 1. The summed E-state index contributed by atoms with van der Waals surface area (Å²) in [5.74, 6) is 1.52. The van der Waals surface area contributed by atoms with Crippen molar-refractivity contribution >= 4 is 0 Å². The van der Waals surface area contributed by atoms with Crippen LogP contribution in [0.25, 0.3) is 0 Å². The summed E-state index contributed by atoms with van der Waals surface area (Å²) in [5, 5.41) is 3.28. The minimum atomic E-state index is 0.456. The molecule has 0 amide bonds. The summed E-state index contributed by atoms with van der Waals surface area (Å²) in [7, 11) is 1.98. The summed E-state index contributed by atoms with van der Waals surface area (Å²) in [4.78, 5) is 8.59. The van der Waals surface area contributed by atoms with Gasteiger partial charge in [-0.3, -0.25) is 0 Å². The molecule has 0 bridgehead atoms. The van der Waals surface area contributed by atoms with Gasteiger partial charge in [-0.15, -0.1) is 0 Å². The first kappa shape index (κ1) is 11.1. The Morgan fingerprint density at radius 3 is 2.29 bits per heavy atom. The van der Waals surface area contributed by atoms with Crippen molar-refractivity contribution in [3.05, 3.63) is 23.8 Å². The predicted octanol–water partition coefficient (Wildman–Crippen LogP) is 1.57. The number of likely N-dealkylation sites (N-methyl/N-ethyl adjacent to an activating group) is 1. The molecule has 1 atom stereocenters. The molecule has 0 aliphatic heterocycles. The first-order valence-corrected chi connectivity index (χ1v) is 5.08. The van der Waals surface area contributed by atoms with Crippen molar-refractivity contribution in [1.82, 2.24) is 15.3 Å². The lowest BCUT2D eigenvalue weighted by molar-refractivity contribution is 0.417. The third kappa shape index (κ3) is 3.07. The van der Waals surface area contributed by atoms with E-state index in [1.54, 1.807) is 0 Å². The maximum absolute atomic E-state index is 4.30. The maximum Gasteiger partial charge on any atom is 0.129 e. The van der Waals surface area contributed by atoms with Gasteiger partial charge in [-0.05, 0) is 25.5 Å². The molecule has 0 saturated heterocycles. The Morgan fingerprint density at radius 2 is 1.86 bits per heavy atom. The van der Waals surface area contributed by atoms with Crippen LogP contribution in [0.4, 0.5) is 0 Å². The highest BCUT2D eigenvalue weighted by Crippen LogP contribution is 2.06. The maximum atomic E-state index is 4.30. The molecule has 1 N–H and O–H groups in total. The highest BCUT2D eigenvalue weighted by atomic mass is 14.9. The van der Waals surface area contributed by atoms with Gasteiger partial charge in [0.15, 0.2) is 0 Å². The second-order valence-corrected chi connectivity index (χ2v) is 4.02. The molecule has 1 aromatic rings. The van der Waals surface area contributed by atoms with E-state index >= 15 is 0 Å². The van der Waals surface area contributed by atoms with Crippen LogP contribution in [-0.2, 0) is 6.42 Å². The zero-order chi connectivity index (χ0) is 10.6. The molecule has 0 spiro atoms. The molecule has 0 aromatic carbocycles. The van der Waals surface area contributed by atoms with Gasteiger partial charge in [0.25, 0.3) is 0 Å². The first-order valence-electron chi connectivity index (χ1n) is 5.08. The van der Waals surface area contributed by atoms with Crippen molar-refractivity contribution in [2.45, 2.75) is 33.2 Å². The van der Waals surface area contributed by atoms with Crippen LogP contribution in [0.15, 0.2) is 12.4 Å². The van der Waals surface area contributed by atoms with Crippen LogP contribution in [0.5, 0.6) is 0 Å². The Bertz CT molecular complexity index is 266. The van der Waals surface area contributed by atoms with Gasteiger partial charge in [-0.1, -0.05) is 13.8 Å². The fourth-order valence-electron chi connectivity index (χ4n) is 1.39. The number of hydrogen-bond donors (Lipinski definition) is 1. The van der Waals surface area contributed by atoms with Crippen molar-refractivity contribution in [2.24, 2.45) is 5.92 Å². The lowest BCUT2D eigenvalue weighted by Crippen LogP contribution is -2.33. The molecule has 0 saturated carbocycles. The van der Waals surface area contributed by atoms with Gasteiger partial charge in [0.1, 0.15) is 5.82 Å². The summed E-state index contributed by atoms with van der Waals surface area (Å²) in [6.07, 6.45) is 4.64. The third-order valence-corrected chi connectivity index (χ3v) is 2.41. The van der Waals surface area contributed by atoms with E-state index in [-0.39, 0.29) is 0 Å². The van der Waals surface area contributed by atoms with Gasteiger partial charge < -0.3 is 5.32 Å². The Kier molecular flexibility index (Phi) is 4.01. The zero-order valence-corrected chi connectivity index (χ0v) is 9.41. The lowest BCUT2D eigenvalue weighted by Gasteiger charge is -2.18. The van der Waals surface area contributed by atoms with E-state index in [1.807, 2.05) is 26.4 Å². The van der Waals surface area contributed by atoms with Crippen molar-refractivity contribution in [3.8, 4) is 0 Å². The lowest BCUT2D eigenvalue weighted by atomic mass is 10.0. The van der Waals surface area contributed by atoms with E-state index in [0.29, 0.717) is 12.0 Å². The fraction of sp³-hybridized carbons (Fsp3) is 0.636. The molecule has 1 heterocycles. The first-order chi connectivity index (χ1) is 6.63. The van der Waals surface area contributed by atoms with Crippen LogP contribution < -0.4 is 5.32 Å². The van der Waals surface area contributed by atoms with Crippen LogP contribution in [0.3, 0.4) is 0 Å². The molecule has 0 aliphatic carbocycles. The largest absolute Gasteiger partial charge is 0.316 e. The Labute approximate surface area is 86.0 Å². The number of rotatable bonds is 4. The summed E-state index contributed by atoms with van der Waals surface area (Å²) in [6.45, 7) is 6.41. The molecule has 0 radical (unpaired) electrons. The molecule has 14 heavy (non-hydrogen) atoms. The summed E-state index contributed by atoms with van der Waals surface area (Å²) < 4.78 is 0. The summed E-state index contributed by atoms with van der Waals surface area (Å²) in [5.41, 5.74) is 1.11. The van der Waals surface area contributed by atoms with Gasteiger partial charge in [0.05, 0.1) is 0 Å². The van der Waals surface area contributed by atoms with Gasteiger partial charge in [-0.2, -0.15) is 0 Å². The second-order valence-electron chi connectivity index (χ2n) is 4.02. The molecule has 1 aromatic heterocycles. The molecule has 3 heteroatoms. The zero-order valence-electron chi connectivity index (χ0n) is 9.41. The minimum Gasteiger partial charge on any atom is -0.316 e. The fourth-order valence-corrected chi connectivity index (χ4v) is 1.39. The molecule has 1 unspecified atom stereocenters. The average molecular weight is 193 g/mol. The van der Waals surface area contributed by atoms with Crippen molar-refractivity contribution in [2.75, 3.05) is 7.05 Å². The third-order valence-electron chi connectivity index (χ3n) is 2.41. The smallest absolute Gasteiger partial charge is 0.129 e. The normalized spacial score (nSPS) is 13.2. The number of hydrogen-bond acceptors (Lipinski definition) is 3. The van der Waals surface area contributed by atoms with E-state index in [2.05, 4.69) is 29.1 Å². The SMILES string of the molecule is CNC(Cc1ncc(C)cn1)C(C)C. The second kappa shape index (κ2) is 5.05. The van der Waals surface area contributed by atoms with E-state index in [9.17, 15) is 0 Å². The topological polar surface area (TPSA) is 37.8 Å². The number of aromatic nitrogens is 2. The summed E-state index contributed by atoms with van der Waals surface area (Å²) >= 11 is 0. The molecule has 3 nitrogen and oxygen atoms in total. The van der Waals surface area contributed by atoms with Gasteiger partial charge in [0.2, 0.25) is 0 Å². The Balaban J connectivity index is 2.63. The average Bonchev–Trinajstić information content (AvgIpc) is 2.16. The van der Waals surface area contributed by atoms with Gasteiger partial charge >= 0.3 is 0 Å². The quantitative estimate of drug-likeness (QED) is 0.788. The van der Waals surface area contributed by atoms with Crippen molar-refractivity contribution in [1.29, 1.82) is 0 Å². The van der Waals surface area contributed by atoms with E-state index in [4.69, 9.17) is 0 Å². The minimum absolute atomic E-state index is 0.456. The predicted molar refractivity (Wildman–Crippen MR) is 58.2 cm³/mol. The highest BCUT2D eigenvalue weighted by Gasteiger charge is 2.12. The van der Waals surface area contributed by atoms with Crippen LogP contribution in [0.2, 0.25) is 0 Å². The molecular formula is C11H19N3. The van der Waals surface area contributed by atoms with E-state index < -0.39 is 0 Å². The van der Waals surface area contributed by atoms with Crippen LogP contribution in [0.1, 0.15) is 25.2 Å². The standard InChI is InChI=1S/C11H19N3/c1-8(2)10(12-4)5-11-13-6-9(3)7-14-11/h6-8,10,12H,5H2,1-4H3. The molecule has 0 fully saturated rings. The van der Waals surface area contributed by atoms with Crippen LogP contribution in [-0.4, -0.2) is 23.1 Å². The van der Waals surface area contributed by atoms with Crippen molar-refractivity contribution < 1.29 is 0 Å². The Hall–Kier alpha value is -0.960. The Morgan fingerprint density at radius 1 is 1.29 bits per heavy atom.